The molecule has 1 saturated heterocycles. The number of hydrogen-bond donors (Lipinski definition) is 2. The summed E-state index contributed by atoms with van der Waals surface area (Å²) >= 11 is 1.82. The van der Waals surface area contributed by atoms with Gasteiger partial charge in [0.05, 0.1) is 4.92 Å². The van der Waals surface area contributed by atoms with Crippen molar-refractivity contribution < 1.29 is 4.92 Å². The molecule has 0 spiro atoms. The fourth-order valence-corrected chi connectivity index (χ4v) is 2.48. The number of nitrogens with one attached hydrogen (secondary N) is 1. The van der Waals surface area contributed by atoms with Gasteiger partial charge in [-0.2, -0.15) is 16.7 Å². The standard InChI is InChI=1S/C8H12N6O2S/c9-12-8-10-5-6(14(15)16)7(11-8)13-1-3-17-4-2-13/h5H,1-4,9H2,(H,10,11,12). The van der Waals surface area contributed by atoms with E-state index < -0.39 is 4.92 Å². The first-order valence-electron chi connectivity index (χ1n) is 5.03. The highest BCUT2D eigenvalue weighted by atomic mass is 32.2. The molecule has 92 valence electrons. The van der Waals surface area contributed by atoms with E-state index >= 15 is 0 Å². The lowest BCUT2D eigenvalue weighted by Crippen LogP contribution is -2.34. The number of thioether (sulfide) groups is 1. The lowest BCUT2D eigenvalue weighted by atomic mass is 10.4. The molecule has 8 nitrogen and oxygen atoms in total. The van der Waals surface area contributed by atoms with Gasteiger partial charge in [0.1, 0.15) is 6.20 Å². The lowest BCUT2D eigenvalue weighted by molar-refractivity contribution is -0.384. The van der Waals surface area contributed by atoms with Gasteiger partial charge < -0.3 is 4.90 Å². The van der Waals surface area contributed by atoms with E-state index in [2.05, 4.69) is 15.4 Å². The molecule has 3 N–H and O–H groups in total. The smallest absolute Gasteiger partial charge is 0.329 e. The molecule has 2 rings (SSSR count). The van der Waals surface area contributed by atoms with Crippen LogP contribution in [-0.4, -0.2) is 39.5 Å². The zero-order valence-electron chi connectivity index (χ0n) is 9.00. The SMILES string of the molecule is NNc1ncc([N+](=O)[O-])c(N2CCSCC2)n1. The van der Waals surface area contributed by atoms with Crippen LogP contribution in [0.15, 0.2) is 6.20 Å². The topological polar surface area (TPSA) is 110 Å². The molecule has 1 aromatic rings. The third-order valence-electron chi connectivity index (χ3n) is 2.39. The van der Waals surface area contributed by atoms with Crippen LogP contribution in [0.25, 0.3) is 0 Å². The number of nitro groups is 1. The minimum atomic E-state index is -0.475. The summed E-state index contributed by atoms with van der Waals surface area (Å²) in [5.41, 5.74) is 2.21. The zero-order valence-corrected chi connectivity index (χ0v) is 9.81. The van der Waals surface area contributed by atoms with Gasteiger partial charge >= 0.3 is 5.69 Å². The predicted octanol–water partition coefficient (Wildman–Crippen LogP) is 0.224. The largest absolute Gasteiger partial charge is 0.349 e. The number of rotatable bonds is 3. The number of nitrogens with two attached hydrogens (primary N) is 1. The van der Waals surface area contributed by atoms with Crippen LogP contribution >= 0.6 is 11.8 Å². The second kappa shape index (κ2) is 5.15. The van der Waals surface area contributed by atoms with Crippen molar-refractivity contribution in [2.24, 2.45) is 5.84 Å². The fraction of sp³-hybridized carbons (Fsp3) is 0.500. The van der Waals surface area contributed by atoms with E-state index in [1.165, 1.54) is 6.20 Å². The maximum atomic E-state index is 10.9. The van der Waals surface area contributed by atoms with E-state index in [0.29, 0.717) is 5.82 Å². The van der Waals surface area contributed by atoms with E-state index in [1.807, 2.05) is 16.7 Å². The highest BCUT2D eigenvalue weighted by molar-refractivity contribution is 7.99. The molecular formula is C8H12N6O2S. The molecule has 0 unspecified atom stereocenters. The van der Waals surface area contributed by atoms with Crippen LogP contribution in [0.3, 0.4) is 0 Å². The summed E-state index contributed by atoms with van der Waals surface area (Å²) in [5.74, 6) is 7.60. The summed E-state index contributed by atoms with van der Waals surface area (Å²) in [6.07, 6.45) is 1.18. The third kappa shape index (κ3) is 2.56. The number of aromatic nitrogens is 2. The van der Waals surface area contributed by atoms with Crippen LogP contribution in [0.4, 0.5) is 17.5 Å². The molecule has 2 heterocycles. The molecule has 9 heteroatoms. The summed E-state index contributed by atoms with van der Waals surface area (Å²) in [5, 5.41) is 10.9. The Kier molecular flexibility index (Phi) is 3.59. The lowest BCUT2D eigenvalue weighted by Gasteiger charge is -2.26. The van der Waals surface area contributed by atoms with Crippen LogP contribution in [0.5, 0.6) is 0 Å². The van der Waals surface area contributed by atoms with E-state index in [9.17, 15) is 10.1 Å². The Balaban J connectivity index is 2.36. The monoisotopic (exact) mass is 256 g/mol. The van der Waals surface area contributed by atoms with Crippen LogP contribution in [-0.2, 0) is 0 Å². The van der Waals surface area contributed by atoms with Gasteiger partial charge in [0.2, 0.25) is 11.8 Å². The predicted molar refractivity (Wildman–Crippen MR) is 66.0 cm³/mol. The first-order chi connectivity index (χ1) is 8.22. The van der Waals surface area contributed by atoms with Crippen molar-refractivity contribution in [3.8, 4) is 0 Å². The zero-order chi connectivity index (χ0) is 12.3. The maximum absolute atomic E-state index is 10.9. The number of anilines is 2. The van der Waals surface area contributed by atoms with E-state index in [4.69, 9.17) is 5.84 Å². The first kappa shape index (κ1) is 11.9. The molecule has 0 atom stereocenters. The molecule has 0 aliphatic carbocycles. The van der Waals surface area contributed by atoms with Gasteiger partial charge in [0, 0.05) is 24.6 Å². The van der Waals surface area contributed by atoms with Gasteiger partial charge in [-0.05, 0) is 0 Å². The quantitative estimate of drug-likeness (QED) is 0.449. The van der Waals surface area contributed by atoms with Gasteiger partial charge in [0.15, 0.2) is 0 Å². The van der Waals surface area contributed by atoms with E-state index in [-0.39, 0.29) is 11.6 Å². The average molecular weight is 256 g/mol. The molecular weight excluding hydrogens is 244 g/mol. The van der Waals surface area contributed by atoms with Crippen molar-refractivity contribution in [1.29, 1.82) is 0 Å². The Morgan fingerprint density at radius 2 is 2.24 bits per heavy atom. The Morgan fingerprint density at radius 3 is 2.82 bits per heavy atom. The van der Waals surface area contributed by atoms with Crippen molar-refractivity contribution in [3.05, 3.63) is 16.3 Å². The molecule has 1 aliphatic rings. The molecule has 17 heavy (non-hydrogen) atoms. The summed E-state index contributed by atoms with van der Waals surface area (Å²) in [6, 6.07) is 0. The van der Waals surface area contributed by atoms with Crippen molar-refractivity contribution >= 4 is 29.2 Å². The molecule has 0 aromatic carbocycles. The highest BCUT2D eigenvalue weighted by Crippen LogP contribution is 2.27. The van der Waals surface area contributed by atoms with Crippen molar-refractivity contribution in [3.63, 3.8) is 0 Å². The Morgan fingerprint density at radius 1 is 1.53 bits per heavy atom. The minimum Gasteiger partial charge on any atom is -0.349 e. The van der Waals surface area contributed by atoms with Crippen LogP contribution < -0.4 is 16.2 Å². The van der Waals surface area contributed by atoms with Crippen molar-refractivity contribution in [1.82, 2.24) is 9.97 Å². The maximum Gasteiger partial charge on any atom is 0.329 e. The molecule has 0 saturated carbocycles. The molecule has 1 aliphatic heterocycles. The van der Waals surface area contributed by atoms with Crippen LogP contribution in [0.1, 0.15) is 0 Å². The van der Waals surface area contributed by atoms with Gasteiger partial charge in [-0.1, -0.05) is 0 Å². The van der Waals surface area contributed by atoms with Crippen molar-refractivity contribution in [2.45, 2.75) is 0 Å². The van der Waals surface area contributed by atoms with E-state index in [0.717, 1.165) is 24.6 Å². The van der Waals surface area contributed by atoms with Crippen molar-refractivity contribution in [2.75, 3.05) is 34.9 Å². The van der Waals surface area contributed by atoms with Gasteiger partial charge in [-0.3, -0.25) is 15.5 Å². The van der Waals surface area contributed by atoms with Gasteiger partial charge in [-0.15, -0.1) is 0 Å². The number of hydrazine groups is 1. The molecule has 0 radical (unpaired) electrons. The Bertz CT molecular complexity index is 422. The highest BCUT2D eigenvalue weighted by Gasteiger charge is 2.24. The molecule has 0 amide bonds. The summed E-state index contributed by atoms with van der Waals surface area (Å²) in [7, 11) is 0. The Labute approximate surface area is 102 Å². The second-order valence-electron chi connectivity index (χ2n) is 3.40. The number of nitrogens with zero attached hydrogens (tertiary/aromatic N) is 4. The van der Waals surface area contributed by atoms with E-state index in [1.54, 1.807) is 0 Å². The minimum absolute atomic E-state index is 0.0871. The number of nitrogen functional groups attached to an aromatic ring is 1. The molecule has 0 bridgehead atoms. The number of hydrogen-bond acceptors (Lipinski definition) is 8. The second-order valence-corrected chi connectivity index (χ2v) is 4.63. The van der Waals surface area contributed by atoms with Crippen LogP contribution in [0, 0.1) is 10.1 Å². The summed E-state index contributed by atoms with van der Waals surface area (Å²) < 4.78 is 0. The summed E-state index contributed by atoms with van der Waals surface area (Å²) in [6.45, 7) is 1.49. The van der Waals surface area contributed by atoms with Gasteiger partial charge in [-0.25, -0.2) is 10.8 Å². The molecule has 1 aromatic heterocycles. The van der Waals surface area contributed by atoms with Gasteiger partial charge in [0.25, 0.3) is 0 Å². The first-order valence-corrected chi connectivity index (χ1v) is 6.18. The fourth-order valence-electron chi connectivity index (χ4n) is 1.57. The third-order valence-corrected chi connectivity index (χ3v) is 3.33. The Hall–Kier alpha value is -1.61. The average Bonchev–Trinajstić information content (AvgIpc) is 2.39. The normalized spacial score (nSPS) is 15.7. The van der Waals surface area contributed by atoms with Crippen LogP contribution in [0.2, 0.25) is 0 Å². The summed E-state index contributed by atoms with van der Waals surface area (Å²) in [4.78, 5) is 20.1. The molecule has 1 fully saturated rings.